The first kappa shape index (κ1) is 16.2. The van der Waals surface area contributed by atoms with Gasteiger partial charge in [0.25, 0.3) is 0 Å². The normalized spacial score (nSPS) is 12.5. The summed E-state index contributed by atoms with van der Waals surface area (Å²) in [6.45, 7) is 0. The predicted octanol–water partition coefficient (Wildman–Crippen LogP) is 7.77. The smallest absolute Gasteiger partial charge is 0.146 e. The topological polar surface area (TPSA) is 30.2 Å². The van der Waals surface area contributed by atoms with Crippen molar-refractivity contribution < 1.29 is 0 Å². The largest absolute Gasteiger partial charge is 0.299 e. The average molecular weight is 432 g/mol. The summed E-state index contributed by atoms with van der Waals surface area (Å²) >= 11 is 3.80. The molecule has 0 amide bonds. The second-order valence-electron chi connectivity index (χ2n) is 7.89. The number of hydrogen-bond acceptors (Lipinski definition) is 4. The van der Waals surface area contributed by atoms with E-state index in [2.05, 4.69) is 69.0 Å². The van der Waals surface area contributed by atoms with Crippen LogP contribution in [0.4, 0.5) is 0 Å². The fourth-order valence-electron chi connectivity index (χ4n) is 5.04. The fraction of sp³-hybridized carbons (Fsp3) is 0. The van der Waals surface area contributed by atoms with Crippen LogP contribution in [0.25, 0.3) is 67.7 Å². The van der Waals surface area contributed by atoms with Crippen LogP contribution in [0, 0.1) is 0 Å². The first-order chi connectivity index (χ1) is 15.4. The molecule has 0 aliphatic rings. The highest BCUT2D eigenvalue weighted by molar-refractivity contribution is 7.30. The third kappa shape index (κ3) is 1.93. The van der Waals surface area contributed by atoms with E-state index in [1.54, 1.807) is 0 Å². The summed E-state index contributed by atoms with van der Waals surface area (Å²) in [6.07, 6.45) is 7.75. The molecule has 3 aromatic carbocycles. The van der Waals surface area contributed by atoms with E-state index in [4.69, 9.17) is 0 Å². The first-order valence-corrected chi connectivity index (χ1v) is 11.8. The minimum absolute atomic E-state index is 0.961. The van der Waals surface area contributed by atoms with E-state index in [0.29, 0.717) is 0 Å². The van der Waals surface area contributed by atoms with Gasteiger partial charge in [-0.05, 0) is 29.7 Å². The Balaban J connectivity index is 1.67. The van der Waals surface area contributed by atoms with Crippen LogP contribution in [0.2, 0.25) is 0 Å². The summed E-state index contributed by atoms with van der Waals surface area (Å²) in [5.41, 5.74) is 2.15. The van der Waals surface area contributed by atoms with Crippen LogP contribution >= 0.6 is 22.7 Å². The van der Waals surface area contributed by atoms with Crippen molar-refractivity contribution in [2.24, 2.45) is 0 Å². The number of pyridine rings is 2. The van der Waals surface area contributed by atoms with Crippen LogP contribution in [0.5, 0.6) is 0 Å². The molecule has 0 saturated carbocycles. The van der Waals surface area contributed by atoms with E-state index < -0.39 is 0 Å². The van der Waals surface area contributed by atoms with Gasteiger partial charge in [-0.15, -0.1) is 22.7 Å². The lowest BCUT2D eigenvalue weighted by atomic mass is 10.0. The quantitative estimate of drug-likeness (QED) is 0.230. The van der Waals surface area contributed by atoms with E-state index in [1.165, 1.54) is 56.6 Å². The van der Waals surface area contributed by atoms with E-state index >= 15 is 0 Å². The molecule has 0 atom stereocenters. The Morgan fingerprint density at radius 3 is 2.52 bits per heavy atom. The van der Waals surface area contributed by atoms with Crippen molar-refractivity contribution in [3.8, 4) is 0 Å². The molecule has 3 nitrogen and oxygen atoms in total. The van der Waals surface area contributed by atoms with Gasteiger partial charge in [-0.2, -0.15) is 0 Å². The molecule has 0 bridgehead atoms. The second kappa shape index (κ2) is 5.58. The number of rotatable bonds is 0. The SMILES string of the molecule is c1ccc2c(c1)sc1c2ccc2sc3c(ccc4c3c3ccncc3c3nccn43)c21. The lowest BCUT2D eigenvalue weighted by Crippen LogP contribution is -1.91. The zero-order valence-electron chi connectivity index (χ0n) is 16.2. The fourth-order valence-corrected chi connectivity index (χ4v) is 7.64. The van der Waals surface area contributed by atoms with Crippen LogP contribution < -0.4 is 0 Å². The zero-order chi connectivity index (χ0) is 20.1. The molecule has 0 aliphatic heterocycles. The third-order valence-electron chi connectivity index (χ3n) is 6.36. The maximum atomic E-state index is 4.61. The Kier molecular flexibility index (Phi) is 2.91. The summed E-state index contributed by atoms with van der Waals surface area (Å²) in [7, 11) is 0. The molecule has 8 rings (SSSR count). The number of thiophene rings is 2. The molecule has 0 spiro atoms. The van der Waals surface area contributed by atoms with Crippen LogP contribution in [-0.2, 0) is 0 Å². The molecular formula is C26H13N3S2. The minimum Gasteiger partial charge on any atom is -0.299 e. The average Bonchev–Trinajstić information content (AvgIpc) is 3.53. The highest BCUT2D eigenvalue weighted by Crippen LogP contribution is 2.47. The number of imidazole rings is 1. The molecule has 0 saturated heterocycles. The molecular weight excluding hydrogens is 418 g/mol. The van der Waals surface area contributed by atoms with Crippen molar-refractivity contribution in [2.45, 2.75) is 0 Å². The molecule has 5 heterocycles. The van der Waals surface area contributed by atoms with Crippen LogP contribution in [0.3, 0.4) is 0 Å². The van der Waals surface area contributed by atoms with Crippen molar-refractivity contribution in [3.05, 3.63) is 79.4 Å². The van der Waals surface area contributed by atoms with Crippen LogP contribution in [0.1, 0.15) is 0 Å². The maximum absolute atomic E-state index is 4.61. The molecule has 0 aliphatic carbocycles. The predicted molar refractivity (Wildman–Crippen MR) is 134 cm³/mol. The Bertz CT molecular complexity index is 2010. The van der Waals surface area contributed by atoms with Crippen molar-refractivity contribution in [1.29, 1.82) is 0 Å². The maximum Gasteiger partial charge on any atom is 0.146 e. The molecule has 0 fully saturated rings. The van der Waals surface area contributed by atoms with Gasteiger partial charge in [0.1, 0.15) is 5.65 Å². The van der Waals surface area contributed by atoms with Crippen LogP contribution in [0.15, 0.2) is 79.4 Å². The lowest BCUT2D eigenvalue weighted by molar-refractivity contribution is 1.27. The van der Waals surface area contributed by atoms with Gasteiger partial charge >= 0.3 is 0 Å². The van der Waals surface area contributed by atoms with Gasteiger partial charge in [0, 0.05) is 75.9 Å². The number of hydrogen-bond donors (Lipinski definition) is 0. The minimum atomic E-state index is 0.961. The molecule has 8 aromatic rings. The summed E-state index contributed by atoms with van der Waals surface area (Å²) in [5, 5.41) is 9.02. The third-order valence-corrected chi connectivity index (χ3v) is 8.75. The van der Waals surface area contributed by atoms with Crippen LogP contribution in [-0.4, -0.2) is 14.4 Å². The summed E-state index contributed by atoms with van der Waals surface area (Å²) < 4.78 is 7.61. The molecule has 5 heteroatoms. The van der Waals surface area contributed by atoms with E-state index in [1.807, 2.05) is 47.5 Å². The van der Waals surface area contributed by atoms with Gasteiger partial charge in [-0.1, -0.05) is 30.3 Å². The van der Waals surface area contributed by atoms with Crippen molar-refractivity contribution in [1.82, 2.24) is 14.4 Å². The molecule has 31 heavy (non-hydrogen) atoms. The van der Waals surface area contributed by atoms with Gasteiger partial charge in [-0.3, -0.25) is 9.38 Å². The highest BCUT2D eigenvalue weighted by atomic mass is 32.1. The van der Waals surface area contributed by atoms with Crippen molar-refractivity contribution in [3.63, 3.8) is 0 Å². The Labute approximate surface area is 183 Å². The van der Waals surface area contributed by atoms with Gasteiger partial charge in [0.2, 0.25) is 0 Å². The van der Waals surface area contributed by atoms with Gasteiger partial charge < -0.3 is 0 Å². The standard InChI is InChI=1S/C26H13N3S2/c1-2-4-20-14(3-1)16-6-8-21-23(24(16)30-20)17-5-7-19-22(25(17)31-21)15-9-10-27-13-18(15)26-28-11-12-29(19)26/h1-13H. The summed E-state index contributed by atoms with van der Waals surface area (Å²) in [5.74, 6) is 0. The molecule has 0 N–H and O–H groups in total. The Hall–Kier alpha value is -3.54. The highest BCUT2D eigenvalue weighted by Gasteiger charge is 2.17. The number of benzene rings is 3. The molecule has 0 unspecified atom stereocenters. The Morgan fingerprint density at radius 2 is 1.52 bits per heavy atom. The monoisotopic (exact) mass is 431 g/mol. The summed E-state index contributed by atoms with van der Waals surface area (Å²) in [4.78, 5) is 9.00. The zero-order valence-corrected chi connectivity index (χ0v) is 17.8. The number of aromatic nitrogens is 3. The number of nitrogens with zero attached hydrogens (tertiary/aromatic N) is 3. The van der Waals surface area contributed by atoms with E-state index in [9.17, 15) is 0 Å². The van der Waals surface area contributed by atoms with Crippen molar-refractivity contribution >= 4 is 90.3 Å². The van der Waals surface area contributed by atoms with E-state index in [0.717, 1.165) is 11.0 Å². The van der Waals surface area contributed by atoms with E-state index in [-0.39, 0.29) is 0 Å². The second-order valence-corrected chi connectivity index (χ2v) is 10.00. The first-order valence-electron chi connectivity index (χ1n) is 10.2. The molecule has 144 valence electrons. The summed E-state index contributed by atoms with van der Waals surface area (Å²) in [6, 6.07) is 20.0. The van der Waals surface area contributed by atoms with Gasteiger partial charge in [0.05, 0.1) is 5.52 Å². The number of fused-ring (bicyclic) bond motifs is 14. The van der Waals surface area contributed by atoms with Gasteiger partial charge in [-0.25, -0.2) is 4.98 Å². The lowest BCUT2D eigenvalue weighted by Gasteiger charge is -2.08. The Morgan fingerprint density at radius 1 is 0.645 bits per heavy atom. The molecule has 0 radical (unpaired) electrons. The molecule has 5 aromatic heterocycles. The van der Waals surface area contributed by atoms with Gasteiger partial charge in [0.15, 0.2) is 0 Å². The van der Waals surface area contributed by atoms with Crippen molar-refractivity contribution in [2.75, 3.05) is 0 Å².